The van der Waals surface area contributed by atoms with Crippen molar-refractivity contribution in [2.45, 2.75) is 37.2 Å². The Morgan fingerprint density at radius 3 is 2.60 bits per heavy atom. The van der Waals surface area contributed by atoms with Crippen LogP contribution in [0, 0.1) is 5.92 Å². The molecule has 20 heavy (non-hydrogen) atoms. The van der Waals surface area contributed by atoms with Gasteiger partial charge in [0.1, 0.15) is 0 Å². The fourth-order valence-electron chi connectivity index (χ4n) is 2.67. The van der Waals surface area contributed by atoms with Crippen molar-refractivity contribution in [3.63, 3.8) is 0 Å². The first kappa shape index (κ1) is 15.9. The Labute approximate surface area is 129 Å². The molecule has 0 atom stereocenters. The zero-order valence-corrected chi connectivity index (χ0v) is 14.0. The predicted octanol–water partition coefficient (Wildman–Crippen LogP) is 2.75. The Morgan fingerprint density at radius 2 is 2.00 bits per heavy atom. The average Bonchev–Trinajstić information content (AvgIpc) is 2.92. The van der Waals surface area contributed by atoms with E-state index >= 15 is 0 Å². The molecule has 0 radical (unpaired) electrons. The maximum absolute atomic E-state index is 12.6. The van der Waals surface area contributed by atoms with Crippen LogP contribution in [0.3, 0.4) is 0 Å². The van der Waals surface area contributed by atoms with Crippen LogP contribution >= 0.6 is 15.9 Å². The molecule has 112 valence electrons. The van der Waals surface area contributed by atoms with Gasteiger partial charge in [0.05, 0.1) is 11.5 Å². The molecule has 1 fully saturated rings. The number of hydrogen-bond acceptors (Lipinski definition) is 3. The minimum absolute atomic E-state index is 0.165. The van der Waals surface area contributed by atoms with Crippen molar-refractivity contribution in [2.24, 2.45) is 5.92 Å². The first-order valence-electron chi connectivity index (χ1n) is 6.81. The van der Waals surface area contributed by atoms with E-state index in [4.69, 9.17) is 5.11 Å². The lowest BCUT2D eigenvalue weighted by Crippen LogP contribution is -2.31. The quantitative estimate of drug-likeness (QED) is 0.876. The van der Waals surface area contributed by atoms with E-state index < -0.39 is 10.0 Å². The monoisotopic (exact) mass is 361 g/mol. The molecule has 4 nitrogen and oxygen atoms in total. The molecule has 0 bridgehead atoms. The predicted molar refractivity (Wildman–Crippen MR) is 81.8 cm³/mol. The van der Waals surface area contributed by atoms with Gasteiger partial charge in [0.15, 0.2) is 0 Å². The first-order chi connectivity index (χ1) is 9.45. The highest BCUT2D eigenvalue weighted by molar-refractivity contribution is 9.10. The summed E-state index contributed by atoms with van der Waals surface area (Å²) >= 11 is 3.29. The van der Waals surface area contributed by atoms with E-state index in [0.717, 1.165) is 12.8 Å². The average molecular weight is 362 g/mol. The lowest BCUT2D eigenvalue weighted by Gasteiger charge is -2.21. The topological polar surface area (TPSA) is 57.6 Å². The number of nitrogens with zero attached hydrogens (tertiary/aromatic N) is 1. The van der Waals surface area contributed by atoms with Crippen molar-refractivity contribution in [1.29, 1.82) is 0 Å². The van der Waals surface area contributed by atoms with Gasteiger partial charge in [0.2, 0.25) is 10.0 Å². The molecule has 0 saturated heterocycles. The van der Waals surface area contributed by atoms with E-state index in [-0.39, 0.29) is 11.5 Å². The van der Waals surface area contributed by atoms with Gasteiger partial charge >= 0.3 is 0 Å². The van der Waals surface area contributed by atoms with Crippen molar-refractivity contribution in [3.05, 3.63) is 28.2 Å². The smallest absolute Gasteiger partial charge is 0.243 e. The van der Waals surface area contributed by atoms with Crippen LogP contribution in [-0.4, -0.2) is 31.4 Å². The summed E-state index contributed by atoms with van der Waals surface area (Å²) in [5.41, 5.74) is 0.598. The molecule has 2 rings (SSSR count). The highest BCUT2D eigenvalue weighted by Crippen LogP contribution is 2.29. The summed E-state index contributed by atoms with van der Waals surface area (Å²) in [7, 11) is -1.88. The second-order valence-corrected chi connectivity index (χ2v) is 8.23. The normalized spacial score (nSPS) is 17.0. The van der Waals surface area contributed by atoms with Crippen molar-refractivity contribution >= 4 is 26.0 Å². The first-order valence-corrected chi connectivity index (χ1v) is 9.04. The summed E-state index contributed by atoms with van der Waals surface area (Å²) < 4.78 is 27.2. The van der Waals surface area contributed by atoms with E-state index in [9.17, 15) is 8.42 Å². The van der Waals surface area contributed by atoms with Crippen LogP contribution in [0.15, 0.2) is 27.6 Å². The second-order valence-electron chi connectivity index (χ2n) is 5.36. The molecule has 6 heteroatoms. The third-order valence-corrected chi connectivity index (χ3v) is 6.67. The van der Waals surface area contributed by atoms with Gasteiger partial charge in [-0.25, -0.2) is 12.7 Å². The van der Waals surface area contributed by atoms with Crippen molar-refractivity contribution < 1.29 is 13.5 Å². The summed E-state index contributed by atoms with van der Waals surface area (Å²) in [5.74, 6) is 0.467. The lowest BCUT2D eigenvalue weighted by atomic mass is 10.1. The fourth-order valence-corrected chi connectivity index (χ4v) is 4.88. The maximum Gasteiger partial charge on any atom is 0.243 e. The Hall–Kier alpha value is -0.430. The van der Waals surface area contributed by atoms with Gasteiger partial charge in [-0.1, -0.05) is 18.9 Å². The standard InChI is InChI=1S/C14H20BrNO3S/c1-16(9-11-4-2-3-5-11)20(18,19)14-8-12(10-17)6-7-13(14)15/h6-8,11,17H,2-5,9-10H2,1H3. The summed E-state index contributed by atoms with van der Waals surface area (Å²) in [4.78, 5) is 0.226. The van der Waals surface area contributed by atoms with Crippen LogP contribution in [0.25, 0.3) is 0 Å². The van der Waals surface area contributed by atoms with Crippen molar-refractivity contribution in [2.75, 3.05) is 13.6 Å². The number of aliphatic hydroxyl groups excluding tert-OH is 1. The van der Waals surface area contributed by atoms with Gasteiger partial charge in [-0.3, -0.25) is 0 Å². The van der Waals surface area contributed by atoms with Crippen LogP contribution in [0.2, 0.25) is 0 Å². The minimum Gasteiger partial charge on any atom is -0.392 e. The Morgan fingerprint density at radius 1 is 1.35 bits per heavy atom. The summed E-state index contributed by atoms with van der Waals surface area (Å²) in [6.07, 6.45) is 4.61. The Balaban J connectivity index is 2.24. The molecule has 1 aromatic rings. The van der Waals surface area contributed by atoms with Gasteiger partial charge in [-0.15, -0.1) is 0 Å². The van der Waals surface area contributed by atoms with Gasteiger partial charge in [-0.2, -0.15) is 0 Å². The third kappa shape index (κ3) is 3.42. The van der Waals surface area contributed by atoms with E-state index in [1.165, 1.54) is 23.2 Å². The number of hydrogen-bond donors (Lipinski definition) is 1. The van der Waals surface area contributed by atoms with Gasteiger partial charge in [-0.05, 0) is 52.4 Å². The SMILES string of the molecule is CN(CC1CCCC1)S(=O)(=O)c1cc(CO)ccc1Br. The molecule has 1 N–H and O–H groups in total. The Kier molecular flexibility index (Phi) is 5.23. The van der Waals surface area contributed by atoms with E-state index in [2.05, 4.69) is 15.9 Å². The van der Waals surface area contributed by atoms with Crippen LogP contribution in [0.4, 0.5) is 0 Å². The molecular formula is C14H20BrNO3S. The number of rotatable bonds is 5. The molecule has 0 aromatic heterocycles. The second kappa shape index (κ2) is 6.56. The molecular weight excluding hydrogens is 342 g/mol. The molecule has 0 amide bonds. The summed E-state index contributed by atoms with van der Waals surface area (Å²) in [6, 6.07) is 4.91. The van der Waals surface area contributed by atoms with Crippen LogP contribution in [0.5, 0.6) is 0 Å². The van der Waals surface area contributed by atoms with Gasteiger partial charge < -0.3 is 5.11 Å². The molecule has 1 aromatic carbocycles. The molecule has 0 spiro atoms. The summed E-state index contributed by atoms with van der Waals surface area (Å²) in [6.45, 7) is 0.403. The fraction of sp³-hybridized carbons (Fsp3) is 0.571. The highest BCUT2D eigenvalue weighted by atomic mass is 79.9. The largest absolute Gasteiger partial charge is 0.392 e. The highest BCUT2D eigenvalue weighted by Gasteiger charge is 2.27. The number of halogens is 1. The van der Waals surface area contributed by atoms with E-state index in [1.54, 1.807) is 19.2 Å². The zero-order chi connectivity index (χ0) is 14.8. The maximum atomic E-state index is 12.6. The molecule has 0 unspecified atom stereocenters. The van der Waals surface area contributed by atoms with Crippen LogP contribution in [-0.2, 0) is 16.6 Å². The van der Waals surface area contributed by atoms with E-state index in [0.29, 0.717) is 22.5 Å². The van der Waals surface area contributed by atoms with E-state index in [1.807, 2.05) is 0 Å². The zero-order valence-electron chi connectivity index (χ0n) is 11.5. The Bertz CT molecular complexity index is 568. The molecule has 0 aliphatic heterocycles. The number of aliphatic hydroxyl groups is 1. The molecule has 1 saturated carbocycles. The molecule has 1 aliphatic carbocycles. The van der Waals surface area contributed by atoms with Gasteiger partial charge in [0.25, 0.3) is 0 Å². The number of sulfonamides is 1. The molecule has 0 heterocycles. The third-order valence-electron chi connectivity index (χ3n) is 3.86. The molecule has 1 aliphatic rings. The van der Waals surface area contributed by atoms with Crippen molar-refractivity contribution in [1.82, 2.24) is 4.31 Å². The van der Waals surface area contributed by atoms with Crippen molar-refractivity contribution in [3.8, 4) is 0 Å². The number of benzene rings is 1. The summed E-state index contributed by atoms with van der Waals surface area (Å²) in [5, 5.41) is 9.16. The van der Waals surface area contributed by atoms with Crippen LogP contribution < -0.4 is 0 Å². The van der Waals surface area contributed by atoms with Crippen LogP contribution in [0.1, 0.15) is 31.2 Å². The minimum atomic E-state index is -3.51. The lowest BCUT2D eigenvalue weighted by molar-refractivity contribution is 0.281. The van der Waals surface area contributed by atoms with Gasteiger partial charge in [0, 0.05) is 18.1 Å².